The highest BCUT2D eigenvalue weighted by molar-refractivity contribution is 6.32. The van der Waals surface area contributed by atoms with Gasteiger partial charge in [0.05, 0.1) is 5.57 Å². The van der Waals surface area contributed by atoms with Gasteiger partial charge in [-0.3, -0.25) is 9.59 Å². The van der Waals surface area contributed by atoms with Crippen molar-refractivity contribution in [3.8, 4) is 0 Å². The number of piperazine rings is 1. The number of halogens is 2. The Morgan fingerprint density at radius 2 is 1.47 bits per heavy atom. The third-order valence-corrected chi connectivity index (χ3v) is 7.69. The highest BCUT2D eigenvalue weighted by atomic mass is 19.1. The van der Waals surface area contributed by atoms with E-state index in [1.54, 1.807) is 42.6 Å². The number of benzene rings is 4. The van der Waals surface area contributed by atoms with Crippen LogP contribution in [0.15, 0.2) is 91.1 Å². The minimum atomic E-state index is -0.825. The van der Waals surface area contributed by atoms with Gasteiger partial charge in [-0.1, -0.05) is 24.3 Å². The Bertz CT molecular complexity index is 1800. The van der Waals surface area contributed by atoms with Crippen LogP contribution in [0.25, 0.3) is 5.57 Å². The summed E-state index contributed by atoms with van der Waals surface area (Å²) in [6, 6.07) is 21.3. The zero-order valence-corrected chi connectivity index (χ0v) is 24.4. The van der Waals surface area contributed by atoms with Gasteiger partial charge in [0.25, 0.3) is 5.91 Å². The quantitative estimate of drug-likeness (QED) is 0.152. The molecule has 9 nitrogen and oxygen atoms in total. The fourth-order valence-electron chi connectivity index (χ4n) is 5.29. The maximum Gasteiger partial charge on any atom is 0.323 e. The predicted molar refractivity (Wildman–Crippen MR) is 172 cm³/mol. The lowest BCUT2D eigenvalue weighted by molar-refractivity contribution is -0.110. The van der Waals surface area contributed by atoms with Gasteiger partial charge in [0.1, 0.15) is 11.6 Å². The number of urea groups is 1. The Balaban J connectivity index is 1.11. The van der Waals surface area contributed by atoms with Crippen LogP contribution < -0.4 is 26.2 Å². The molecule has 4 N–H and O–H groups in total. The number of rotatable bonds is 7. The van der Waals surface area contributed by atoms with E-state index in [9.17, 15) is 23.2 Å². The molecule has 0 atom stereocenters. The lowest BCUT2D eigenvalue weighted by Crippen LogP contribution is -2.44. The second-order valence-corrected chi connectivity index (χ2v) is 10.9. The van der Waals surface area contributed by atoms with Crippen molar-refractivity contribution in [3.05, 3.63) is 119 Å². The number of carbonyl (C=O) groups is 3. The van der Waals surface area contributed by atoms with Gasteiger partial charge in [0.15, 0.2) is 5.78 Å². The van der Waals surface area contributed by atoms with Crippen LogP contribution in [0.2, 0.25) is 0 Å². The fraction of sp³-hybridized carbons (Fsp3) is 0.147. The molecule has 4 aromatic carbocycles. The SMILES string of the molecule is CN1CCN(c2ccc(N/C=C3/C(=O)Nc4cc(C(=O)c5cccc(NC(=O)Nc6cc(F)cc(F)c6)c5)ccc43)cc2)CC1. The molecular weight excluding hydrogens is 578 g/mol. The van der Waals surface area contributed by atoms with Gasteiger partial charge in [-0.25, -0.2) is 13.6 Å². The normalized spacial score (nSPS) is 15.4. The van der Waals surface area contributed by atoms with E-state index >= 15 is 0 Å². The van der Waals surface area contributed by atoms with E-state index in [0.717, 1.165) is 49.7 Å². The third-order valence-electron chi connectivity index (χ3n) is 7.69. The van der Waals surface area contributed by atoms with Crippen LogP contribution in [0.1, 0.15) is 21.5 Å². The van der Waals surface area contributed by atoms with Crippen LogP contribution >= 0.6 is 0 Å². The van der Waals surface area contributed by atoms with Gasteiger partial charge in [-0.05, 0) is 61.6 Å². The summed E-state index contributed by atoms with van der Waals surface area (Å²) in [7, 11) is 2.13. The Labute approximate surface area is 258 Å². The van der Waals surface area contributed by atoms with E-state index in [4.69, 9.17) is 0 Å². The summed E-state index contributed by atoms with van der Waals surface area (Å²) in [4.78, 5) is 43.2. The van der Waals surface area contributed by atoms with E-state index < -0.39 is 17.7 Å². The largest absolute Gasteiger partial charge is 0.369 e. The van der Waals surface area contributed by atoms with E-state index in [1.807, 2.05) is 12.1 Å². The highest BCUT2D eigenvalue weighted by Gasteiger charge is 2.25. The number of fused-ring (bicyclic) bond motifs is 1. The van der Waals surface area contributed by atoms with E-state index in [1.165, 1.54) is 6.07 Å². The lowest BCUT2D eigenvalue weighted by atomic mass is 9.99. The monoisotopic (exact) mass is 608 g/mol. The van der Waals surface area contributed by atoms with Crippen molar-refractivity contribution in [1.82, 2.24) is 4.90 Å². The number of likely N-dealkylation sites (N-methyl/N-ethyl adjacent to an activating group) is 1. The maximum absolute atomic E-state index is 13.4. The van der Waals surface area contributed by atoms with Crippen LogP contribution in [0.4, 0.5) is 42.0 Å². The molecule has 2 aliphatic rings. The summed E-state index contributed by atoms with van der Waals surface area (Å²) in [6.07, 6.45) is 1.66. The predicted octanol–water partition coefficient (Wildman–Crippen LogP) is 6.00. The van der Waals surface area contributed by atoms with Crippen molar-refractivity contribution in [2.45, 2.75) is 0 Å². The zero-order valence-electron chi connectivity index (χ0n) is 24.4. The molecule has 0 radical (unpaired) electrons. The van der Waals surface area contributed by atoms with Gasteiger partial charge in [-0.15, -0.1) is 0 Å². The lowest BCUT2D eigenvalue weighted by Gasteiger charge is -2.34. The molecule has 2 heterocycles. The number of hydrogen-bond donors (Lipinski definition) is 4. The molecule has 3 amide bonds. The minimum Gasteiger partial charge on any atom is -0.369 e. The zero-order chi connectivity index (χ0) is 31.5. The molecule has 1 fully saturated rings. The molecule has 0 spiro atoms. The molecule has 228 valence electrons. The van der Waals surface area contributed by atoms with Crippen molar-refractivity contribution in [1.29, 1.82) is 0 Å². The first-order valence-corrected chi connectivity index (χ1v) is 14.4. The first-order chi connectivity index (χ1) is 21.7. The third kappa shape index (κ3) is 6.84. The van der Waals surface area contributed by atoms with Crippen LogP contribution in [0.3, 0.4) is 0 Å². The molecule has 0 bridgehead atoms. The van der Waals surface area contributed by atoms with Crippen molar-refractivity contribution in [2.24, 2.45) is 0 Å². The molecule has 4 aromatic rings. The number of amides is 3. The Hall–Kier alpha value is -5.55. The Morgan fingerprint density at radius 3 is 2.20 bits per heavy atom. The summed E-state index contributed by atoms with van der Waals surface area (Å²) in [5.74, 6) is -2.26. The standard InChI is InChI=1S/C34H30F2N6O3/c1-41-11-13-42(14-12-41)28-8-6-25(7-9-28)37-20-30-29-10-5-22(16-31(29)40-33(30)44)32(43)21-3-2-4-26(15-21)38-34(45)39-27-18-23(35)17-24(36)19-27/h2-10,15-20,37H,11-14H2,1H3,(H,40,44)(H2,38,39,45)/b30-20+. The maximum atomic E-state index is 13.4. The van der Waals surface area contributed by atoms with Crippen molar-refractivity contribution in [2.75, 3.05) is 59.4 Å². The average Bonchev–Trinajstić information content (AvgIpc) is 3.33. The molecule has 0 unspecified atom stereocenters. The number of nitrogens with zero attached hydrogens (tertiary/aromatic N) is 2. The molecule has 0 aromatic heterocycles. The summed E-state index contributed by atoms with van der Waals surface area (Å²) < 4.78 is 26.9. The topological polar surface area (TPSA) is 106 Å². The molecular formula is C34H30F2N6O3. The van der Waals surface area contributed by atoms with E-state index in [2.05, 4.69) is 50.2 Å². The van der Waals surface area contributed by atoms with Crippen LogP contribution in [-0.2, 0) is 4.79 Å². The fourth-order valence-corrected chi connectivity index (χ4v) is 5.29. The van der Waals surface area contributed by atoms with Crippen molar-refractivity contribution < 1.29 is 23.2 Å². The van der Waals surface area contributed by atoms with E-state index in [0.29, 0.717) is 39.7 Å². The first-order valence-electron chi connectivity index (χ1n) is 14.4. The molecule has 0 aliphatic carbocycles. The molecule has 2 aliphatic heterocycles. The number of anilines is 5. The second kappa shape index (κ2) is 12.6. The number of ketones is 1. The van der Waals surface area contributed by atoms with Gasteiger partial charge >= 0.3 is 6.03 Å². The number of hydrogen-bond acceptors (Lipinski definition) is 6. The summed E-state index contributed by atoms with van der Waals surface area (Å²) in [5, 5.41) is 10.9. The van der Waals surface area contributed by atoms with Crippen LogP contribution in [-0.4, -0.2) is 55.8 Å². The molecule has 0 saturated carbocycles. The second-order valence-electron chi connectivity index (χ2n) is 10.9. The summed E-state index contributed by atoms with van der Waals surface area (Å²) in [5.41, 5.74) is 4.52. The van der Waals surface area contributed by atoms with Gasteiger partial charge in [0, 0.05) is 83.6 Å². The number of carbonyl (C=O) groups excluding carboxylic acids is 3. The molecule has 6 rings (SSSR count). The smallest absolute Gasteiger partial charge is 0.323 e. The molecule has 1 saturated heterocycles. The Kier molecular flexibility index (Phi) is 8.26. The van der Waals surface area contributed by atoms with Gasteiger partial charge in [-0.2, -0.15) is 0 Å². The number of nitrogens with one attached hydrogen (secondary N) is 4. The molecule has 11 heteroatoms. The molecule has 45 heavy (non-hydrogen) atoms. The van der Waals surface area contributed by atoms with E-state index in [-0.39, 0.29) is 17.4 Å². The Morgan fingerprint density at radius 1 is 0.778 bits per heavy atom. The van der Waals surface area contributed by atoms with Gasteiger partial charge < -0.3 is 31.1 Å². The van der Waals surface area contributed by atoms with Crippen LogP contribution in [0, 0.1) is 11.6 Å². The van der Waals surface area contributed by atoms with Crippen LogP contribution in [0.5, 0.6) is 0 Å². The first kappa shape index (κ1) is 29.5. The summed E-state index contributed by atoms with van der Waals surface area (Å²) in [6.45, 7) is 4.02. The minimum absolute atomic E-state index is 0.0554. The van der Waals surface area contributed by atoms with Gasteiger partial charge in [0.2, 0.25) is 0 Å². The van der Waals surface area contributed by atoms with Crippen molar-refractivity contribution >= 4 is 51.7 Å². The summed E-state index contributed by atoms with van der Waals surface area (Å²) >= 11 is 0. The highest BCUT2D eigenvalue weighted by Crippen LogP contribution is 2.33. The van der Waals surface area contributed by atoms with Crippen molar-refractivity contribution in [3.63, 3.8) is 0 Å². The average molecular weight is 609 g/mol.